The van der Waals surface area contributed by atoms with Gasteiger partial charge in [0.05, 0.1) is 17.8 Å². The Morgan fingerprint density at radius 2 is 2.12 bits per heavy atom. The van der Waals surface area contributed by atoms with Gasteiger partial charge in [-0.05, 0) is 0 Å². The number of aromatic hydroxyl groups is 1. The summed E-state index contributed by atoms with van der Waals surface area (Å²) >= 11 is 1.03. The molecule has 0 radical (unpaired) electrons. The number of phenols is 1. The van der Waals surface area contributed by atoms with Crippen LogP contribution in [0.15, 0.2) is 23.5 Å². The van der Waals surface area contributed by atoms with E-state index in [0.717, 1.165) is 11.8 Å². The Hall–Kier alpha value is -2.95. The predicted octanol–water partition coefficient (Wildman–Crippen LogP) is 1.65. The average molecular weight is 352 g/mol. The normalized spacial score (nSPS) is 10.9. The number of nitrogens with one attached hydrogen (secondary N) is 2. The van der Waals surface area contributed by atoms with Crippen LogP contribution < -0.4 is 11.1 Å². The SMILES string of the molecule is Nc1nc(SCC(=O)Nc2cc(F)c(O)cc2F)c2[nH]cnc2n1. The van der Waals surface area contributed by atoms with Gasteiger partial charge in [0.1, 0.15) is 10.5 Å². The Morgan fingerprint density at radius 3 is 2.92 bits per heavy atom. The number of H-pyrrole nitrogens is 1. The Morgan fingerprint density at radius 1 is 1.33 bits per heavy atom. The van der Waals surface area contributed by atoms with Crippen LogP contribution in [0.4, 0.5) is 20.4 Å². The Bertz CT molecular complexity index is 932. The lowest BCUT2D eigenvalue weighted by molar-refractivity contribution is -0.113. The Balaban J connectivity index is 1.71. The molecule has 124 valence electrons. The van der Waals surface area contributed by atoms with Crippen LogP contribution in [0, 0.1) is 11.6 Å². The van der Waals surface area contributed by atoms with Crippen molar-refractivity contribution in [1.82, 2.24) is 19.9 Å². The number of nitrogens with two attached hydrogens (primary N) is 1. The quantitative estimate of drug-likeness (QED) is 0.319. The van der Waals surface area contributed by atoms with Crippen LogP contribution in [0.5, 0.6) is 5.75 Å². The number of carbonyl (C=O) groups is 1. The molecule has 8 nitrogen and oxygen atoms in total. The molecule has 0 spiro atoms. The van der Waals surface area contributed by atoms with Gasteiger partial charge in [0, 0.05) is 12.1 Å². The third-order valence-electron chi connectivity index (χ3n) is 2.92. The molecule has 2 aromatic heterocycles. The second kappa shape index (κ2) is 6.28. The van der Waals surface area contributed by atoms with Crippen LogP contribution in [-0.4, -0.2) is 36.7 Å². The molecule has 0 saturated heterocycles. The molecule has 0 fully saturated rings. The van der Waals surface area contributed by atoms with Crippen molar-refractivity contribution in [3.8, 4) is 5.75 Å². The smallest absolute Gasteiger partial charge is 0.234 e. The number of amides is 1. The number of aromatic nitrogens is 4. The van der Waals surface area contributed by atoms with Gasteiger partial charge < -0.3 is 21.1 Å². The van der Waals surface area contributed by atoms with Gasteiger partial charge in [-0.2, -0.15) is 4.98 Å². The second-order valence-electron chi connectivity index (χ2n) is 4.61. The topological polar surface area (TPSA) is 130 Å². The first-order valence-corrected chi connectivity index (χ1v) is 7.50. The summed E-state index contributed by atoms with van der Waals surface area (Å²) in [5.41, 5.74) is 6.06. The summed E-state index contributed by atoms with van der Waals surface area (Å²) in [6.45, 7) is 0. The number of fused-ring (bicyclic) bond motifs is 1. The van der Waals surface area contributed by atoms with Crippen LogP contribution >= 0.6 is 11.8 Å². The van der Waals surface area contributed by atoms with Gasteiger partial charge in [0.25, 0.3) is 0 Å². The van der Waals surface area contributed by atoms with E-state index < -0.39 is 23.3 Å². The molecule has 3 aromatic rings. The highest BCUT2D eigenvalue weighted by atomic mass is 32.2. The van der Waals surface area contributed by atoms with E-state index in [4.69, 9.17) is 10.8 Å². The fraction of sp³-hybridized carbons (Fsp3) is 0.0769. The Kier molecular flexibility index (Phi) is 4.16. The number of nitrogens with zero attached hydrogens (tertiary/aromatic N) is 3. The zero-order valence-corrected chi connectivity index (χ0v) is 12.7. The first-order valence-electron chi connectivity index (χ1n) is 6.51. The maximum atomic E-state index is 13.6. The number of hydrogen-bond acceptors (Lipinski definition) is 7. The van der Waals surface area contributed by atoms with E-state index in [1.165, 1.54) is 6.33 Å². The van der Waals surface area contributed by atoms with Crippen molar-refractivity contribution >= 4 is 40.5 Å². The number of hydrogen-bond donors (Lipinski definition) is 4. The summed E-state index contributed by atoms with van der Waals surface area (Å²) in [6, 6.07) is 1.28. The maximum Gasteiger partial charge on any atom is 0.234 e. The minimum atomic E-state index is -1.04. The molecule has 5 N–H and O–H groups in total. The summed E-state index contributed by atoms with van der Waals surface area (Å²) in [5, 5.41) is 11.7. The molecule has 0 aliphatic carbocycles. The first kappa shape index (κ1) is 15.9. The van der Waals surface area contributed by atoms with E-state index >= 15 is 0 Å². The highest BCUT2D eigenvalue weighted by Crippen LogP contribution is 2.26. The van der Waals surface area contributed by atoms with Crippen molar-refractivity contribution in [1.29, 1.82) is 0 Å². The van der Waals surface area contributed by atoms with Crippen molar-refractivity contribution in [3.63, 3.8) is 0 Å². The predicted molar refractivity (Wildman–Crippen MR) is 83.5 cm³/mol. The number of nitrogen functional groups attached to an aromatic ring is 1. The van der Waals surface area contributed by atoms with Gasteiger partial charge in [-0.1, -0.05) is 11.8 Å². The largest absolute Gasteiger partial charge is 0.505 e. The van der Waals surface area contributed by atoms with E-state index in [2.05, 4.69) is 25.3 Å². The molecule has 2 heterocycles. The van der Waals surface area contributed by atoms with Crippen LogP contribution in [0.1, 0.15) is 0 Å². The molecule has 0 atom stereocenters. The lowest BCUT2D eigenvalue weighted by atomic mass is 10.2. The van der Waals surface area contributed by atoms with Gasteiger partial charge in [0.15, 0.2) is 23.0 Å². The zero-order valence-electron chi connectivity index (χ0n) is 11.9. The van der Waals surface area contributed by atoms with Crippen LogP contribution in [0.2, 0.25) is 0 Å². The van der Waals surface area contributed by atoms with E-state index in [9.17, 15) is 13.6 Å². The van der Waals surface area contributed by atoms with E-state index in [1.807, 2.05) is 0 Å². The van der Waals surface area contributed by atoms with Crippen molar-refractivity contribution in [2.45, 2.75) is 5.03 Å². The third kappa shape index (κ3) is 3.20. The summed E-state index contributed by atoms with van der Waals surface area (Å²) in [7, 11) is 0. The molecule has 0 aliphatic heterocycles. The van der Waals surface area contributed by atoms with Crippen molar-refractivity contribution in [2.24, 2.45) is 0 Å². The van der Waals surface area contributed by atoms with Crippen molar-refractivity contribution in [2.75, 3.05) is 16.8 Å². The third-order valence-corrected chi connectivity index (χ3v) is 3.90. The summed E-state index contributed by atoms with van der Waals surface area (Å²) in [6.07, 6.45) is 1.41. The molecule has 0 saturated carbocycles. The zero-order chi connectivity index (χ0) is 17.3. The van der Waals surface area contributed by atoms with Gasteiger partial charge in [0.2, 0.25) is 11.9 Å². The van der Waals surface area contributed by atoms with Gasteiger partial charge in [-0.25, -0.2) is 18.7 Å². The standard InChI is InChI=1S/C13H10F2N6O2S/c14-5-2-8(22)6(15)1-7(5)19-9(23)3-24-12-10-11(18-4-17-10)20-13(16)21-12/h1-2,4,22H,3H2,(H,19,23)(H3,16,17,18,20,21). The number of anilines is 2. The summed E-state index contributed by atoms with van der Waals surface area (Å²) < 4.78 is 26.8. The molecular formula is C13H10F2N6O2S. The summed E-state index contributed by atoms with van der Waals surface area (Å²) in [5.74, 6) is -3.54. The number of benzene rings is 1. The monoisotopic (exact) mass is 352 g/mol. The number of rotatable bonds is 4. The van der Waals surface area contributed by atoms with Gasteiger partial charge in [-0.15, -0.1) is 0 Å². The fourth-order valence-corrected chi connectivity index (χ4v) is 2.67. The number of carbonyl (C=O) groups excluding carboxylic acids is 1. The fourth-order valence-electron chi connectivity index (χ4n) is 1.88. The van der Waals surface area contributed by atoms with Crippen LogP contribution in [0.3, 0.4) is 0 Å². The average Bonchev–Trinajstić information content (AvgIpc) is 2.98. The molecule has 11 heteroatoms. The number of imidazole rings is 1. The van der Waals surface area contributed by atoms with E-state index in [0.29, 0.717) is 28.3 Å². The molecule has 0 unspecified atom stereocenters. The lowest BCUT2D eigenvalue weighted by Crippen LogP contribution is -2.15. The number of thioether (sulfide) groups is 1. The van der Waals surface area contributed by atoms with Crippen molar-refractivity contribution < 1.29 is 18.7 Å². The highest BCUT2D eigenvalue weighted by molar-refractivity contribution is 8.00. The molecule has 0 aliphatic rings. The van der Waals surface area contributed by atoms with Gasteiger partial charge in [-0.3, -0.25) is 4.79 Å². The highest BCUT2D eigenvalue weighted by Gasteiger charge is 2.14. The van der Waals surface area contributed by atoms with E-state index in [-0.39, 0.29) is 17.4 Å². The van der Waals surface area contributed by atoms with Crippen LogP contribution in [-0.2, 0) is 4.79 Å². The van der Waals surface area contributed by atoms with Crippen molar-refractivity contribution in [3.05, 3.63) is 30.1 Å². The molecule has 3 rings (SSSR count). The van der Waals surface area contributed by atoms with Crippen LogP contribution in [0.25, 0.3) is 11.2 Å². The molecule has 1 aromatic carbocycles. The molecule has 0 bridgehead atoms. The first-order chi connectivity index (χ1) is 11.4. The number of halogens is 2. The minimum absolute atomic E-state index is 0.00385. The molecular weight excluding hydrogens is 342 g/mol. The Labute approximate surface area is 137 Å². The number of aromatic amines is 1. The van der Waals surface area contributed by atoms with E-state index in [1.54, 1.807) is 0 Å². The van der Waals surface area contributed by atoms with Gasteiger partial charge >= 0.3 is 0 Å². The maximum absolute atomic E-state index is 13.6. The second-order valence-corrected chi connectivity index (χ2v) is 5.57. The molecule has 1 amide bonds. The summed E-state index contributed by atoms with van der Waals surface area (Å²) in [4.78, 5) is 26.6. The molecule has 24 heavy (non-hydrogen) atoms. The number of phenolic OH excluding ortho intramolecular Hbond substituents is 1. The lowest BCUT2D eigenvalue weighted by Gasteiger charge is -2.07. The minimum Gasteiger partial charge on any atom is -0.505 e.